The Balaban J connectivity index is 0.00000300. The maximum absolute atomic E-state index is 17.6. The zero-order chi connectivity index (χ0) is 32.1. The van der Waals surface area contributed by atoms with Crippen LogP contribution in [0.3, 0.4) is 0 Å². The largest absolute Gasteiger partial charge is 2.00 e. The molecular formula is C43H37FN4SZn. The first-order chi connectivity index (χ1) is 24.1. The first-order valence-electron chi connectivity index (χ1n) is 18.5. The molecule has 12 aliphatic carbocycles. The van der Waals surface area contributed by atoms with Crippen molar-refractivity contribution in [3.8, 4) is 0 Å². The molecule has 8 atom stereocenters. The van der Waals surface area contributed by atoms with Gasteiger partial charge in [-0.15, -0.1) is 27.8 Å². The average molecular weight is 726 g/mol. The number of nitrogens with zero attached hydrogens (tertiary/aromatic N) is 2. The van der Waals surface area contributed by atoms with Crippen LogP contribution in [-0.2, 0) is 19.5 Å². The molecule has 244 valence electrons. The molecule has 4 nitrogen and oxygen atoms in total. The molecule has 4 heterocycles. The summed E-state index contributed by atoms with van der Waals surface area (Å²) in [6, 6.07) is 0. The molecule has 13 aliphatic rings. The van der Waals surface area contributed by atoms with Crippen LogP contribution in [0.15, 0.2) is 59.1 Å². The summed E-state index contributed by atoms with van der Waals surface area (Å²) in [7, 11) is 0. The first kappa shape index (κ1) is 30.2. The molecule has 0 fully saturated rings. The van der Waals surface area contributed by atoms with E-state index in [1.165, 1.54) is 27.2 Å². The summed E-state index contributed by atoms with van der Waals surface area (Å²) < 4.78 is 17.6. The zero-order valence-electron chi connectivity index (χ0n) is 28.0. The van der Waals surface area contributed by atoms with Crippen molar-refractivity contribution in [3.63, 3.8) is 0 Å². The van der Waals surface area contributed by atoms with Crippen molar-refractivity contribution >= 4 is 40.9 Å². The van der Waals surface area contributed by atoms with Gasteiger partial charge in [0.15, 0.2) is 0 Å². The van der Waals surface area contributed by atoms with Crippen LogP contribution in [0.5, 0.6) is 0 Å². The Morgan fingerprint density at radius 2 is 1.08 bits per heavy atom. The third-order valence-corrected chi connectivity index (χ3v) is 14.6. The predicted octanol–water partition coefficient (Wildman–Crippen LogP) is 6.61. The summed E-state index contributed by atoms with van der Waals surface area (Å²) in [5, 5.41) is 15.3. The van der Waals surface area contributed by atoms with Crippen LogP contribution < -0.4 is 31.4 Å². The summed E-state index contributed by atoms with van der Waals surface area (Å²) in [4.78, 5) is 15.6. The number of rotatable bonds is 0. The molecule has 2 N–H and O–H groups in total. The van der Waals surface area contributed by atoms with Gasteiger partial charge in [-0.2, -0.15) is 0 Å². The van der Waals surface area contributed by atoms with E-state index in [2.05, 4.69) is 71.2 Å². The molecule has 3 aromatic rings. The van der Waals surface area contributed by atoms with E-state index in [0.29, 0.717) is 34.5 Å². The molecule has 3 aromatic heterocycles. The fraction of sp³-hybridized carbons (Fsp3) is 0.372. The summed E-state index contributed by atoms with van der Waals surface area (Å²) in [5.41, 5.74) is 10.7. The second-order valence-corrected chi connectivity index (χ2v) is 16.8. The molecule has 0 saturated heterocycles. The number of thioether (sulfide) groups is 1. The van der Waals surface area contributed by atoms with Gasteiger partial charge in [0.05, 0.1) is 11.4 Å². The molecule has 7 heteroatoms. The number of aromatic amines is 1. The number of H-pyrrole nitrogens is 1. The van der Waals surface area contributed by atoms with Crippen molar-refractivity contribution in [1.29, 1.82) is 5.41 Å². The van der Waals surface area contributed by atoms with E-state index in [-0.39, 0.29) is 54.9 Å². The Morgan fingerprint density at radius 3 is 1.70 bits per heavy atom. The van der Waals surface area contributed by atoms with E-state index in [0.717, 1.165) is 89.8 Å². The quantitative estimate of drug-likeness (QED) is 0.203. The standard InChI is InChI=1S/C43H37FN4S.Zn/c44-40-41-38-25-9-5-23(6-10-25)36(38)31(47-41)18-30-35-22-3-1-21(2-4-22)34(35)29(46-30)17-28(45)33-20-13-15-27(16-14-20)43(33)49-19-32-37-24-7-11-26(12-8-24)39(37)42(40)48-32;/h1,3,5,7,9,11,13,15,17-27,45,47H,2,4,6,8,10,12,14,16H2;/q-2;+2/b29-17?,30-18?,32-19-,42-40+,45-28?;. The van der Waals surface area contributed by atoms with Gasteiger partial charge in [0.2, 0.25) is 0 Å². The van der Waals surface area contributed by atoms with Gasteiger partial charge in [-0.1, -0.05) is 88.4 Å². The Labute approximate surface area is 307 Å². The molecule has 16 rings (SSSR count). The van der Waals surface area contributed by atoms with Crippen LogP contribution >= 0.6 is 11.8 Å². The topological polar surface area (TPSA) is 67.8 Å². The van der Waals surface area contributed by atoms with E-state index in [1.807, 2.05) is 0 Å². The average Bonchev–Trinajstić information content (AvgIpc) is 3.87. The third-order valence-electron chi connectivity index (χ3n) is 13.5. The minimum absolute atomic E-state index is 0. The van der Waals surface area contributed by atoms with Gasteiger partial charge in [-0.3, -0.25) is 0 Å². The first-order valence-corrected chi connectivity index (χ1v) is 19.4. The van der Waals surface area contributed by atoms with E-state index in [9.17, 15) is 5.41 Å². The molecular weight excluding hydrogens is 689 g/mol. The maximum Gasteiger partial charge on any atom is 2.00 e. The number of hydrogen-bond acceptors (Lipinski definition) is 2. The van der Waals surface area contributed by atoms with Gasteiger partial charge in [-0.25, -0.2) is 4.39 Å². The van der Waals surface area contributed by atoms with Crippen molar-refractivity contribution < 1.29 is 23.9 Å². The second-order valence-electron chi connectivity index (χ2n) is 15.9. The second kappa shape index (κ2) is 10.8. The SMILES string of the molecule is N=C1C=c2[n-]c(c3c2C2C=CC3CC2)=Cc2[nH]c(c3c2C2C=CC3CC2)/C(F)=c2\[n-]/c(c3c2C2C=CC3CC2)=C\SC2=C1C1C=CC2CC1.[Zn+2]. The van der Waals surface area contributed by atoms with Crippen molar-refractivity contribution in [3.05, 3.63) is 125 Å². The maximum atomic E-state index is 17.6. The van der Waals surface area contributed by atoms with Crippen LogP contribution in [-0.4, -0.2) is 10.7 Å². The number of halogens is 1. The third kappa shape index (κ3) is 4.00. The Morgan fingerprint density at radius 1 is 0.580 bits per heavy atom. The number of fused-ring (bicyclic) bond motifs is 10. The van der Waals surface area contributed by atoms with E-state index in [4.69, 9.17) is 9.97 Å². The smallest absolute Gasteiger partial charge is 0.657 e. The van der Waals surface area contributed by atoms with Crippen molar-refractivity contribution in [2.75, 3.05) is 0 Å². The van der Waals surface area contributed by atoms with Crippen LogP contribution in [0.2, 0.25) is 0 Å². The summed E-state index contributed by atoms with van der Waals surface area (Å²) in [6.45, 7) is 0. The molecule has 8 unspecified atom stereocenters. The normalized spacial score (nSPS) is 34.7. The van der Waals surface area contributed by atoms with Crippen LogP contribution in [0.25, 0.3) is 23.4 Å². The van der Waals surface area contributed by atoms with Crippen molar-refractivity contribution in [2.24, 2.45) is 11.8 Å². The van der Waals surface area contributed by atoms with E-state index in [1.54, 1.807) is 11.8 Å². The molecule has 0 radical (unpaired) electrons. The van der Waals surface area contributed by atoms with Gasteiger partial charge < -0.3 is 20.4 Å². The summed E-state index contributed by atoms with van der Waals surface area (Å²) >= 11 is 1.74. The summed E-state index contributed by atoms with van der Waals surface area (Å²) in [6.07, 6.45) is 31.8. The van der Waals surface area contributed by atoms with Crippen LogP contribution in [0, 0.1) is 17.2 Å². The van der Waals surface area contributed by atoms with Gasteiger partial charge in [0.1, 0.15) is 5.83 Å². The molecule has 0 spiro atoms. The van der Waals surface area contributed by atoms with Crippen LogP contribution in [0.1, 0.15) is 132 Å². The molecule has 14 bridgehead atoms. The predicted molar refractivity (Wildman–Crippen MR) is 194 cm³/mol. The minimum Gasteiger partial charge on any atom is -0.657 e. The van der Waals surface area contributed by atoms with Gasteiger partial charge >= 0.3 is 19.5 Å². The van der Waals surface area contributed by atoms with Gasteiger partial charge in [-0.05, 0) is 73.5 Å². The zero-order valence-corrected chi connectivity index (χ0v) is 31.8. The number of nitrogens with one attached hydrogen (secondary N) is 2. The van der Waals surface area contributed by atoms with Crippen molar-refractivity contribution in [1.82, 2.24) is 15.0 Å². The summed E-state index contributed by atoms with van der Waals surface area (Å²) in [5.74, 6) is 1.98. The number of aromatic nitrogens is 3. The Hall–Kier alpha value is -3.41. The fourth-order valence-corrected chi connectivity index (χ4v) is 12.5. The minimum atomic E-state index is -0.196. The monoisotopic (exact) mass is 724 g/mol. The number of hydrogen-bond donors (Lipinski definition) is 2. The Kier molecular flexibility index (Phi) is 6.54. The number of allylic oxidation sites excluding steroid dienone is 10. The molecule has 1 aliphatic heterocycles. The molecule has 0 saturated carbocycles. The van der Waals surface area contributed by atoms with E-state index < -0.39 is 0 Å². The van der Waals surface area contributed by atoms with Gasteiger partial charge in [0, 0.05) is 57.9 Å². The molecule has 0 amide bonds. The van der Waals surface area contributed by atoms with Crippen LogP contribution in [0.4, 0.5) is 4.39 Å². The Bertz CT molecular complexity index is 2480. The van der Waals surface area contributed by atoms with Gasteiger partial charge in [0.25, 0.3) is 0 Å². The molecule has 50 heavy (non-hydrogen) atoms. The van der Waals surface area contributed by atoms with E-state index >= 15 is 4.39 Å². The fourth-order valence-electron chi connectivity index (χ4n) is 11.3. The molecule has 0 aromatic carbocycles. The van der Waals surface area contributed by atoms with Crippen molar-refractivity contribution in [2.45, 2.75) is 86.9 Å².